The molecule has 0 saturated carbocycles. The average Bonchev–Trinajstić information content (AvgIpc) is 2.63. The SMILES string of the molecule is CCCCOC(=O)N1CC(=O)N(c2cccc(C)c2C)C[C@@H]1CCOC. The number of amides is 2. The van der Waals surface area contributed by atoms with Crippen molar-refractivity contribution in [1.29, 1.82) is 0 Å². The molecule has 0 aromatic heterocycles. The first-order chi connectivity index (χ1) is 12.5. The third kappa shape index (κ3) is 4.75. The van der Waals surface area contributed by atoms with Gasteiger partial charge in [0, 0.05) is 25.9 Å². The van der Waals surface area contributed by atoms with Gasteiger partial charge >= 0.3 is 6.09 Å². The lowest BCUT2D eigenvalue weighted by Crippen LogP contribution is -2.58. The standard InChI is InChI=1S/C20H30N2O4/c1-5-6-11-26-20(24)21-14-19(23)22(13-17(21)10-12-25-4)18-9-7-8-15(2)16(18)3/h7-9,17H,5-6,10-14H2,1-4H3/t17-/m0/s1. The van der Waals surface area contributed by atoms with Crippen LogP contribution in [0.4, 0.5) is 10.5 Å². The molecule has 1 heterocycles. The third-order valence-electron chi connectivity index (χ3n) is 4.92. The summed E-state index contributed by atoms with van der Waals surface area (Å²) in [4.78, 5) is 28.6. The molecule has 1 aromatic carbocycles. The van der Waals surface area contributed by atoms with Gasteiger partial charge in [0.2, 0.25) is 5.91 Å². The van der Waals surface area contributed by atoms with Gasteiger partial charge in [-0.05, 0) is 43.9 Å². The van der Waals surface area contributed by atoms with E-state index in [9.17, 15) is 9.59 Å². The van der Waals surface area contributed by atoms with Crippen LogP contribution in [0.25, 0.3) is 0 Å². The molecule has 1 saturated heterocycles. The van der Waals surface area contributed by atoms with Gasteiger partial charge in [0.05, 0.1) is 12.6 Å². The van der Waals surface area contributed by atoms with E-state index in [1.807, 2.05) is 39.0 Å². The van der Waals surface area contributed by atoms with Crippen molar-refractivity contribution >= 4 is 17.7 Å². The Kier molecular flexibility index (Phi) is 7.45. The van der Waals surface area contributed by atoms with Gasteiger partial charge in [-0.1, -0.05) is 25.5 Å². The summed E-state index contributed by atoms with van der Waals surface area (Å²) >= 11 is 0. The summed E-state index contributed by atoms with van der Waals surface area (Å²) in [6.45, 7) is 7.50. The zero-order chi connectivity index (χ0) is 19.1. The van der Waals surface area contributed by atoms with Crippen LogP contribution in [0.3, 0.4) is 0 Å². The molecule has 6 heteroatoms. The van der Waals surface area contributed by atoms with Crippen molar-refractivity contribution in [3.63, 3.8) is 0 Å². The van der Waals surface area contributed by atoms with Gasteiger partial charge in [-0.3, -0.25) is 9.69 Å². The summed E-state index contributed by atoms with van der Waals surface area (Å²) < 4.78 is 10.5. The molecule has 1 aliphatic rings. The lowest BCUT2D eigenvalue weighted by molar-refractivity contribution is -0.122. The van der Waals surface area contributed by atoms with Gasteiger partial charge in [0.25, 0.3) is 0 Å². The van der Waals surface area contributed by atoms with Crippen LogP contribution < -0.4 is 4.90 Å². The van der Waals surface area contributed by atoms with E-state index < -0.39 is 6.09 Å². The summed E-state index contributed by atoms with van der Waals surface area (Å²) in [5.41, 5.74) is 3.15. The highest BCUT2D eigenvalue weighted by Gasteiger charge is 2.36. The molecule has 2 amide bonds. The van der Waals surface area contributed by atoms with Gasteiger partial charge in [-0.15, -0.1) is 0 Å². The predicted molar refractivity (Wildman–Crippen MR) is 102 cm³/mol. The van der Waals surface area contributed by atoms with Gasteiger partial charge in [0.15, 0.2) is 0 Å². The number of anilines is 1. The molecule has 2 rings (SSSR count). The van der Waals surface area contributed by atoms with Crippen molar-refractivity contribution in [3.8, 4) is 0 Å². The zero-order valence-corrected chi connectivity index (χ0v) is 16.3. The number of carbonyl (C=O) groups is 2. The monoisotopic (exact) mass is 362 g/mol. The number of methoxy groups -OCH3 is 1. The molecule has 1 aliphatic heterocycles. The zero-order valence-electron chi connectivity index (χ0n) is 16.3. The Balaban J connectivity index is 2.18. The maximum atomic E-state index is 12.8. The Hall–Kier alpha value is -2.08. The average molecular weight is 362 g/mol. The second-order valence-corrected chi connectivity index (χ2v) is 6.75. The van der Waals surface area contributed by atoms with Crippen LogP contribution in [0.15, 0.2) is 18.2 Å². The second-order valence-electron chi connectivity index (χ2n) is 6.75. The van der Waals surface area contributed by atoms with E-state index in [4.69, 9.17) is 9.47 Å². The van der Waals surface area contributed by atoms with Crippen molar-refractivity contribution in [3.05, 3.63) is 29.3 Å². The van der Waals surface area contributed by atoms with Gasteiger partial charge in [-0.2, -0.15) is 0 Å². The molecule has 0 radical (unpaired) electrons. The maximum Gasteiger partial charge on any atom is 0.410 e. The van der Waals surface area contributed by atoms with Crippen LogP contribution in [-0.2, 0) is 14.3 Å². The summed E-state index contributed by atoms with van der Waals surface area (Å²) in [5, 5.41) is 0. The molecule has 0 unspecified atom stereocenters. The molecule has 0 bridgehead atoms. The Labute approximate surface area is 156 Å². The summed E-state index contributed by atoms with van der Waals surface area (Å²) in [5.74, 6) is -0.0835. The molecular formula is C20H30N2O4. The van der Waals surface area contributed by atoms with Gasteiger partial charge < -0.3 is 14.4 Å². The first-order valence-corrected chi connectivity index (χ1v) is 9.28. The maximum absolute atomic E-state index is 12.8. The van der Waals surface area contributed by atoms with Crippen LogP contribution in [0, 0.1) is 13.8 Å². The largest absolute Gasteiger partial charge is 0.449 e. The number of benzene rings is 1. The number of hydrogen-bond donors (Lipinski definition) is 0. The van der Waals surface area contributed by atoms with E-state index in [0.717, 1.165) is 29.7 Å². The second kappa shape index (κ2) is 9.57. The molecular weight excluding hydrogens is 332 g/mol. The Morgan fingerprint density at radius 1 is 1.27 bits per heavy atom. The van der Waals surface area contributed by atoms with Crippen molar-refractivity contribution < 1.29 is 19.1 Å². The highest BCUT2D eigenvalue weighted by atomic mass is 16.6. The van der Waals surface area contributed by atoms with E-state index in [1.165, 1.54) is 0 Å². The molecule has 0 N–H and O–H groups in total. The van der Waals surface area contributed by atoms with E-state index >= 15 is 0 Å². The number of carbonyl (C=O) groups excluding carboxylic acids is 2. The fourth-order valence-corrected chi connectivity index (χ4v) is 3.13. The van der Waals surface area contributed by atoms with Crippen molar-refractivity contribution in [1.82, 2.24) is 4.90 Å². The molecule has 1 aromatic rings. The van der Waals surface area contributed by atoms with Crippen LogP contribution in [-0.4, -0.2) is 56.4 Å². The Morgan fingerprint density at radius 2 is 2.04 bits per heavy atom. The van der Waals surface area contributed by atoms with Crippen molar-refractivity contribution in [2.45, 2.75) is 46.1 Å². The minimum Gasteiger partial charge on any atom is -0.449 e. The fourth-order valence-electron chi connectivity index (χ4n) is 3.13. The van der Waals surface area contributed by atoms with E-state index in [0.29, 0.717) is 26.2 Å². The smallest absolute Gasteiger partial charge is 0.410 e. The molecule has 1 fully saturated rings. The lowest BCUT2D eigenvalue weighted by Gasteiger charge is -2.40. The number of hydrogen-bond acceptors (Lipinski definition) is 4. The highest BCUT2D eigenvalue weighted by molar-refractivity contribution is 5.98. The molecule has 0 spiro atoms. The van der Waals surface area contributed by atoms with Crippen LogP contribution in [0.1, 0.15) is 37.3 Å². The van der Waals surface area contributed by atoms with Gasteiger partial charge in [0.1, 0.15) is 6.54 Å². The van der Waals surface area contributed by atoms with Crippen LogP contribution in [0.5, 0.6) is 0 Å². The predicted octanol–water partition coefficient (Wildman–Crippen LogP) is 3.29. The Morgan fingerprint density at radius 3 is 2.73 bits per heavy atom. The van der Waals surface area contributed by atoms with E-state index in [-0.39, 0.29) is 18.5 Å². The Bertz CT molecular complexity index is 632. The van der Waals surface area contributed by atoms with Crippen molar-refractivity contribution in [2.24, 2.45) is 0 Å². The molecule has 1 atom stereocenters. The number of piperazine rings is 1. The summed E-state index contributed by atoms with van der Waals surface area (Å²) in [6, 6.07) is 5.83. The summed E-state index contributed by atoms with van der Waals surface area (Å²) in [6.07, 6.45) is 2.03. The first kappa shape index (κ1) is 20.2. The van der Waals surface area contributed by atoms with Gasteiger partial charge in [-0.25, -0.2) is 4.79 Å². The minimum atomic E-state index is -0.409. The van der Waals surface area contributed by atoms with E-state index in [2.05, 4.69) is 0 Å². The number of ether oxygens (including phenoxy) is 2. The summed E-state index contributed by atoms with van der Waals surface area (Å²) in [7, 11) is 1.64. The molecule has 0 aliphatic carbocycles. The number of unbranched alkanes of at least 4 members (excludes halogenated alkanes) is 1. The topological polar surface area (TPSA) is 59.1 Å². The van der Waals surface area contributed by atoms with Crippen molar-refractivity contribution in [2.75, 3.05) is 38.3 Å². The molecule has 26 heavy (non-hydrogen) atoms. The minimum absolute atomic E-state index is 0.0344. The molecule has 144 valence electrons. The third-order valence-corrected chi connectivity index (χ3v) is 4.92. The number of nitrogens with zero attached hydrogens (tertiary/aromatic N) is 2. The number of aryl methyl sites for hydroxylation is 1. The van der Waals surface area contributed by atoms with Crippen LogP contribution in [0.2, 0.25) is 0 Å². The normalized spacial score (nSPS) is 17.5. The highest BCUT2D eigenvalue weighted by Crippen LogP contribution is 2.27. The lowest BCUT2D eigenvalue weighted by atomic mass is 10.0. The quantitative estimate of drug-likeness (QED) is 0.699. The number of rotatable bonds is 7. The first-order valence-electron chi connectivity index (χ1n) is 9.28. The van der Waals surface area contributed by atoms with Crippen LogP contribution >= 0.6 is 0 Å². The fraction of sp³-hybridized carbons (Fsp3) is 0.600. The van der Waals surface area contributed by atoms with E-state index in [1.54, 1.807) is 16.9 Å². The molecule has 6 nitrogen and oxygen atoms in total.